The van der Waals surface area contributed by atoms with Crippen molar-refractivity contribution < 1.29 is 14.7 Å². The first-order valence-electron chi connectivity index (χ1n) is 7.02. The van der Waals surface area contributed by atoms with Crippen LogP contribution in [0.25, 0.3) is 0 Å². The number of rotatable bonds is 5. The van der Waals surface area contributed by atoms with Crippen LogP contribution < -0.4 is 10.6 Å². The molecule has 0 radical (unpaired) electrons. The molecule has 1 rings (SSSR count). The monoisotopic (exact) mass is 270 g/mol. The first kappa shape index (κ1) is 16.0. The van der Waals surface area contributed by atoms with Gasteiger partial charge in [-0.1, -0.05) is 0 Å². The van der Waals surface area contributed by atoms with Gasteiger partial charge in [-0.05, 0) is 58.9 Å². The highest BCUT2D eigenvalue weighted by Gasteiger charge is 2.25. The van der Waals surface area contributed by atoms with E-state index in [-0.39, 0.29) is 17.4 Å². The lowest BCUT2D eigenvalue weighted by molar-refractivity contribution is -0.143. The molecule has 0 aliphatic heterocycles. The maximum absolute atomic E-state index is 11.6. The topological polar surface area (TPSA) is 78.4 Å². The Morgan fingerprint density at radius 1 is 1.16 bits per heavy atom. The van der Waals surface area contributed by atoms with Gasteiger partial charge >= 0.3 is 5.97 Å². The molecule has 0 aromatic carbocycles. The second kappa shape index (κ2) is 6.89. The minimum Gasteiger partial charge on any atom is -0.481 e. The second-order valence-corrected chi connectivity index (χ2v) is 6.48. The summed E-state index contributed by atoms with van der Waals surface area (Å²) >= 11 is 0. The molecule has 0 heterocycles. The summed E-state index contributed by atoms with van der Waals surface area (Å²) < 4.78 is 0. The number of amides is 1. The van der Waals surface area contributed by atoms with E-state index in [2.05, 4.69) is 10.6 Å². The molecule has 5 heteroatoms. The Bertz CT molecular complexity index is 315. The summed E-state index contributed by atoms with van der Waals surface area (Å²) in [5, 5.41) is 15.0. The molecular formula is C14H26N2O3. The van der Waals surface area contributed by atoms with E-state index in [1.807, 2.05) is 20.8 Å². The van der Waals surface area contributed by atoms with Gasteiger partial charge < -0.3 is 15.7 Å². The molecule has 0 unspecified atom stereocenters. The maximum atomic E-state index is 11.6. The van der Waals surface area contributed by atoms with E-state index in [1.165, 1.54) is 0 Å². The van der Waals surface area contributed by atoms with E-state index < -0.39 is 5.97 Å². The Balaban J connectivity index is 2.14. The highest BCUT2D eigenvalue weighted by atomic mass is 16.4. The van der Waals surface area contributed by atoms with Gasteiger partial charge in [0, 0.05) is 5.54 Å². The van der Waals surface area contributed by atoms with Crippen LogP contribution in [0.5, 0.6) is 0 Å². The van der Waals surface area contributed by atoms with Gasteiger partial charge in [0.1, 0.15) is 0 Å². The number of carboxylic acids is 1. The normalized spacial score (nSPS) is 23.9. The van der Waals surface area contributed by atoms with E-state index in [0.29, 0.717) is 12.5 Å². The van der Waals surface area contributed by atoms with Crippen molar-refractivity contribution in [1.82, 2.24) is 10.6 Å². The molecule has 110 valence electrons. The summed E-state index contributed by atoms with van der Waals surface area (Å²) in [6.45, 7) is 6.99. The van der Waals surface area contributed by atoms with Crippen LogP contribution in [0.2, 0.25) is 0 Å². The molecule has 0 atom stereocenters. The number of carbonyl (C=O) groups is 2. The minimum absolute atomic E-state index is 0.00622. The third kappa shape index (κ3) is 6.57. The molecule has 1 saturated carbocycles. The number of nitrogens with one attached hydrogen (secondary N) is 2. The minimum atomic E-state index is -0.670. The molecule has 1 amide bonds. The molecule has 0 aromatic rings. The van der Waals surface area contributed by atoms with Crippen molar-refractivity contribution >= 4 is 11.9 Å². The number of hydrogen-bond donors (Lipinski definition) is 3. The first-order chi connectivity index (χ1) is 8.78. The molecule has 1 fully saturated rings. The number of carboxylic acid groups (broad SMARTS) is 1. The summed E-state index contributed by atoms with van der Waals surface area (Å²) in [7, 11) is 0. The highest BCUT2D eigenvalue weighted by Crippen LogP contribution is 2.28. The largest absolute Gasteiger partial charge is 0.481 e. The predicted octanol–water partition coefficient (Wildman–Crippen LogP) is 1.38. The zero-order valence-electron chi connectivity index (χ0n) is 12.2. The standard InChI is InChI=1S/C14H26N2O3/c1-14(2,3)16-12(17)9-15-8-10-4-6-11(7-5-10)13(18)19/h10-11,15H,4-9H2,1-3H3,(H,16,17)(H,18,19). The molecule has 1 aliphatic carbocycles. The Kier molecular flexibility index (Phi) is 5.79. The van der Waals surface area contributed by atoms with E-state index in [4.69, 9.17) is 5.11 Å². The second-order valence-electron chi connectivity index (χ2n) is 6.48. The lowest BCUT2D eigenvalue weighted by Gasteiger charge is -2.26. The SMILES string of the molecule is CC(C)(C)NC(=O)CNCC1CCC(C(=O)O)CC1. The van der Waals surface area contributed by atoms with Crippen LogP contribution in [-0.2, 0) is 9.59 Å². The van der Waals surface area contributed by atoms with E-state index in [1.54, 1.807) is 0 Å². The quantitative estimate of drug-likeness (QED) is 0.705. The lowest BCUT2D eigenvalue weighted by atomic mass is 9.82. The smallest absolute Gasteiger partial charge is 0.306 e. The van der Waals surface area contributed by atoms with Gasteiger partial charge in [-0.25, -0.2) is 0 Å². The van der Waals surface area contributed by atoms with Crippen molar-refractivity contribution in [3.05, 3.63) is 0 Å². The average Bonchev–Trinajstić information content (AvgIpc) is 2.27. The highest BCUT2D eigenvalue weighted by molar-refractivity contribution is 5.78. The Hall–Kier alpha value is -1.10. The van der Waals surface area contributed by atoms with Crippen molar-refractivity contribution in [2.75, 3.05) is 13.1 Å². The van der Waals surface area contributed by atoms with E-state index >= 15 is 0 Å². The van der Waals surface area contributed by atoms with Gasteiger partial charge in [0.25, 0.3) is 0 Å². The third-order valence-electron chi connectivity index (χ3n) is 3.43. The first-order valence-corrected chi connectivity index (χ1v) is 7.02. The van der Waals surface area contributed by atoms with Gasteiger partial charge in [-0.3, -0.25) is 9.59 Å². The van der Waals surface area contributed by atoms with Crippen LogP contribution in [0.1, 0.15) is 46.5 Å². The Morgan fingerprint density at radius 3 is 2.21 bits per heavy atom. The van der Waals surface area contributed by atoms with Crippen molar-refractivity contribution in [3.8, 4) is 0 Å². The van der Waals surface area contributed by atoms with Gasteiger partial charge in [0.15, 0.2) is 0 Å². The fourth-order valence-corrected chi connectivity index (χ4v) is 2.47. The molecule has 0 spiro atoms. The molecule has 5 nitrogen and oxygen atoms in total. The van der Waals surface area contributed by atoms with Gasteiger partial charge in [-0.15, -0.1) is 0 Å². The molecule has 0 saturated heterocycles. The van der Waals surface area contributed by atoms with Crippen LogP contribution in [-0.4, -0.2) is 35.6 Å². The molecule has 0 aromatic heterocycles. The van der Waals surface area contributed by atoms with Crippen molar-refractivity contribution in [3.63, 3.8) is 0 Å². The van der Waals surface area contributed by atoms with E-state index in [0.717, 1.165) is 32.2 Å². The van der Waals surface area contributed by atoms with Crippen molar-refractivity contribution in [1.29, 1.82) is 0 Å². The van der Waals surface area contributed by atoms with Gasteiger partial charge in [-0.2, -0.15) is 0 Å². The number of carbonyl (C=O) groups excluding carboxylic acids is 1. The molecule has 0 bridgehead atoms. The summed E-state index contributed by atoms with van der Waals surface area (Å²) in [4.78, 5) is 22.4. The van der Waals surface area contributed by atoms with Crippen LogP contribution in [0.3, 0.4) is 0 Å². The average molecular weight is 270 g/mol. The van der Waals surface area contributed by atoms with Crippen LogP contribution >= 0.6 is 0 Å². The van der Waals surface area contributed by atoms with Gasteiger partial charge in [0.2, 0.25) is 5.91 Å². The predicted molar refractivity (Wildman–Crippen MR) is 73.8 cm³/mol. The number of hydrogen-bond acceptors (Lipinski definition) is 3. The fraction of sp³-hybridized carbons (Fsp3) is 0.857. The van der Waals surface area contributed by atoms with Crippen LogP contribution in [0.15, 0.2) is 0 Å². The molecule has 3 N–H and O–H groups in total. The Morgan fingerprint density at radius 2 is 1.74 bits per heavy atom. The van der Waals surface area contributed by atoms with Crippen LogP contribution in [0, 0.1) is 11.8 Å². The summed E-state index contributed by atoms with van der Waals surface area (Å²) in [6, 6.07) is 0. The number of aliphatic carboxylic acids is 1. The van der Waals surface area contributed by atoms with Crippen molar-refractivity contribution in [2.45, 2.75) is 52.0 Å². The third-order valence-corrected chi connectivity index (χ3v) is 3.43. The summed E-state index contributed by atoms with van der Waals surface area (Å²) in [5.74, 6) is -0.332. The fourth-order valence-electron chi connectivity index (χ4n) is 2.47. The van der Waals surface area contributed by atoms with Crippen molar-refractivity contribution in [2.24, 2.45) is 11.8 Å². The maximum Gasteiger partial charge on any atom is 0.306 e. The zero-order valence-corrected chi connectivity index (χ0v) is 12.2. The Labute approximate surface area is 115 Å². The lowest BCUT2D eigenvalue weighted by Crippen LogP contribution is -2.45. The molecular weight excluding hydrogens is 244 g/mol. The molecule has 19 heavy (non-hydrogen) atoms. The van der Waals surface area contributed by atoms with Crippen LogP contribution in [0.4, 0.5) is 0 Å². The molecule has 1 aliphatic rings. The van der Waals surface area contributed by atoms with Gasteiger partial charge in [0.05, 0.1) is 12.5 Å². The zero-order chi connectivity index (χ0) is 14.5. The summed E-state index contributed by atoms with van der Waals surface area (Å²) in [5.41, 5.74) is -0.196. The van der Waals surface area contributed by atoms with E-state index in [9.17, 15) is 9.59 Å². The summed E-state index contributed by atoms with van der Waals surface area (Å²) in [6.07, 6.45) is 3.39.